The van der Waals surface area contributed by atoms with Crippen molar-refractivity contribution in [2.24, 2.45) is 0 Å². The third kappa shape index (κ3) is 2.33. The Morgan fingerprint density at radius 2 is 2.18 bits per heavy atom. The molecule has 5 heteroatoms. The van der Waals surface area contributed by atoms with E-state index >= 15 is 0 Å². The van der Waals surface area contributed by atoms with Gasteiger partial charge in [0.25, 0.3) is 0 Å². The summed E-state index contributed by atoms with van der Waals surface area (Å²) < 4.78 is 1.05. The van der Waals surface area contributed by atoms with Crippen molar-refractivity contribution >= 4 is 21.8 Å². The van der Waals surface area contributed by atoms with Crippen LogP contribution in [-0.4, -0.2) is 15.8 Å². The minimum Gasteiger partial charge on any atom is -0.360 e. The highest BCUT2D eigenvalue weighted by molar-refractivity contribution is 9.10. The summed E-state index contributed by atoms with van der Waals surface area (Å²) in [5, 5.41) is 11.7. The van der Waals surface area contributed by atoms with E-state index in [0.29, 0.717) is 11.8 Å². The molecule has 0 unspecified atom stereocenters. The van der Waals surface area contributed by atoms with Crippen LogP contribution in [0.1, 0.15) is 48.3 Å². The lowest BCUT2D eigenvalue weighted by atomic mass is 9.83. The number of hydrogen-bond donors (Lipinski definition) is 2. The van der Waals surface area contributed by atoms with E-state index in [2.05, 4.69) is 45.3 Å². The second kappa shape index (κ2) is 4.88. The second-order valence-electron chi connectivity index (χ2n) is 6.38. The van der Waals surface area contributed by atoms with Crippen molar-refractivity contribution in [3.05, 3.63) is 57.6 Å². The molecular weight excluding hydrogens is 340 g/mol. The molecule has 112 valence electrons. The fourth-order valence-corrected chi connectivity index (χ4v) is 3.44. The molecule has 1 fully saturated rings. The average molecular weight is 357 g/mol. The number of hydrogen-bond acceptors (Lipinski definition) is 3. The number of halogens is 1. The van der Waals surface area contributed by atoms with Crippen molar-refractivity contribution in [3.8, 4) is 0 Å². The first-order chi connectivity index (χ1) is 10.5. The largest absolute Gasteiger partial charge is 0.360 e. The Kier molecular flexibility index (Phi) is 3.08. The standard InChI is InChI=1S/C17H17BrN4/c1-17(11-3-2-4-12(18)7-11)8-14-13(15(19)22-17)9-20-16(21-14)10-5-6-10/h2-4,7,9-10H,5-6,8H2,1H3,(H2,19,22)/t17-/m0/s1. The lowest BCUT2D eigenvalue weighted by Gasteiger charge is -2.37. The highest BCUT2D eigenvalue weighted by Gasteiger charge is 2.36. The van der Waals surface area contributed by atoms with Crippen LogP contribution in [0.15, 0.2) is 34.9 Å². The minimum atomic E-state index is -0.316. The summed E-state index contributed by atoms with van der Waals surface area (Å²) in [6.45, 7) is 2.13. The van der Waals surface area contributed by atoms with Crippen molar-refractivity contribution < 1.29 is 0 Å². The number of benzene rings is 1. The fourth-order valence-electron chi connectivity index (χ4n) is 3.04. The van der Waals surface area contributed by atoms with Crippen LogP contribution in [0.4, 0.5) is 0 Å². The lowest BCUT2D eigenvalue weighted by Crippen LogP contribution is -2.49. The van der Waals surface area contributed by atoms with E-state index in [0.717, 1.165) is 33.5 Å². The summed E-state index contributed by atoms with van der Waals surface area (Å²) in [7, 11) is 0. The van der Waals surface area contributed by atoms with Gasteiger partial charge in [0.1, 0.15) is 11.7 Å². The van der Waals surface area contributed by atoms with E-state index in [1.54, 1.807) is 0 Å². The van der Waals surface area contributed by atoms with Crippen LogP contribution in [-0.2, 0) is 12.0 Å². The first kappa shape index (κ1) is 13.9. The quantitative estimate of drug-likeness (QED) is 0.865. The molecule has 1 aliphatic heterocycles. The Bertz CT molecular complexity index is 769. The van der Waals surface area contributed by atoms with Crippen molar-refractivity contribution in [3.63, 3.8) is 0 Å². The van der Waals surface area contributed by atoms with Gasteiger partial charge in [-0.05, 0) is 37.5 Å². The van der Waals surface area contributed by atoms with Gasteiger partial charge in [-0.1, -0.05) is 28.1 Å². The monoisotopic (exact) mass is 356 g/mol. The molecule has 1 saturated carbocycles. The van der Waals surface area contributed by atoms with Crippen LogP contribution in [0.25, 0.3) is 0 Å². The third-order valence-electron chi connectivity index (χ3n) is 4.48. The van der Waals surface area contributed by atoms with Gasteiger partial charge < -0.3 is 5.32 Å². The smallest absolute Gasteiger partial charge is 0.131 e. The Morgan fingerprint density at radius 1 is 1.36 bits per heavy atom. The highest BCUT2D eigenvalue weighted by Crippen LogP contribution is 2.39. The van der Waals surface area contributed by atoms with Crippen molar-refractivity contribution in [1.29, 1.82) is 5.41 Å². The molecule has 22 heavy (non-hydrogen) atoms. The van der Waals surface area contributed by atoms with E-state index in [1.165, 1.54) is 12.8 Å². The SMILES string of the molecule is C[C@@]1(c2cccc(Br)c2)Cc2nc(C3CC3)ncc2C(=N)N1. The van der Waals surface area contributed by atoms with E-state index < -0.39 is 0 Å². The van der Waals surface area contributed by atoms with Gasteiger partial charge in [-0.25, -0.2) is 9.97 Å². The molecule has 1 atom stereocenters. The molecule has 4 nitrogen and oxygen atoms in total. The maximum atomic E-state index is 8.32. The zero-order chi connectivity index (χ0) is 15.3. The van der Waals surface area contributed by atoms with Gasteiger partial charge in [0, 0.05) is 23.0 Å². The first-order valence-corrected chi connectivity index (χ1v) is 8.33. The van der Waals surface area contributed by atoms with Gasteiger partial charge in [0.05, 0.1) is 16.8 Å². The summed E-state index contributed by atoms with van der Waals surface area (Å²) in [6, 6.07) is 8.25. The molecule has 1 aliphatic carbocycles. The Hall–Kier alpha value is -1.75. The maximum Gasteiger partial charge on any atom is 0.131 e. The van der Waals surface area contributed by atoms with Crippen molar-refractivity contribution in [1.82, 2.24) is 15.3 Å². The molecular formula is C17H17BrN4. The number of fused-ring (bicyclic) bond motifs is 1. The normalized spacial score (nSPS) is 23.8. The van der Waals surface area contributed by atoms with Crippen LogP contribution < -0.4 is 5.32 Å². The van der Waals surface area contributed by atoms with Crippen LogP contribution >= 0.6 is 15.9 Å². The molecule has 0 bridgehead atoms. The maximum absolute atomic E-state index is 8.32. The predicted molar refractivity (Wildman–Crippen MR) is 89.2 cm³/mol. The van der Waals surface area contributed by atoms with Crippen LogP contribution in [0.3, 0.4) is 0 Å². The van der Waals surface area contributed by atoms with E-state index in [1.807, 2.05) is 18.3 Å². The molecule has 4 rings (SSSR count). The third-order valence-corrected chi connectivity index (χ3v) is 4.98. The molecule has 2 aromatic rings. The molecule has 0 spiro atoms. The molecule has 2 aliphatic rings. The molecule has 2 N–H and O–H groups in total. The fraction of sp³-hybridized carbons (Fsp3) is 0.353. The molecule has 1 aromatic heterocycles. The summed E-state index contributed by atoms with van der Waals surface area (Å²) in [5.41, 5.74) is 2.66. The Balaban J connectivity index is 1.76. The lowest BCUT2D eigenvalue weighted by molar-refractivity contribution is 0.414. The Labute approximate surface area is 138 Å². The van der Waals surface area contributed by atoms with E-state index in [4.69, 9.17) is 10.4 Å². The van der Waals surface area contributed by atoms with Gasteiger partial charge in [-0.2, -0.15) is 0 Å². The first-order valence-electron chi connectivity index (χ1n) is 7.54. The number of aromatic nitrogens is 2. The van der Waals surface area contributed by atoms with Gasteiger partial charge in [-0.15, -0.1) is 0 Å². The topological polar surface area (TPSA) is 61.7 Å². The van der Waals surface area contributed by atoms with Gasteiger partial charge in [0.2, 0.25) is 0 Å². The molecule has 0 amide bonds. The van der Waals surface area contributed by atoms with Gasteiger partial charge in [-0.3, -0.25) is 5.41 Å². The van der Waals surface area contributed by atoms with Gasteiger partial charge in [0.15, 0.2) is 0 Å². The molecule has 0 saturated heterocycles. The minimum absolute atomic E-state index is 0.316. The summed E-state index contributed by atoms with van der Waals surface area (Å²) in [5.74, 6) is 1.89. The van der Waals surface area contributed by atoms with E-state index in [-0.39, 0.29) is 5.54 Å². The highest BCUT2D eigenvalue weighted by atomic mass is 79.9. The number of rotatable bonds is 2. The zero-order valence-electron chi connectivity index (χ0n) is 12.4. The summed E-state index contributed by atoms with van der Waals surface area (Å²) in [4.78, 5) is 9.21. The molecule has 1 aromatic carbocycles. The van der Waals surface area contributed by atoms with Crippen molar-refractivity contribution in [2.45, 2.75) is 37.6 Å². The van der Waals surface area contributed by atoms with Crippen LogP contribution in [0.2, 0.25) is 0 Å². The van der Waals surface area contributed by atoms with E-state index in [9.17, 15) is 0 Å². The van der Waals surface area contributed by atoms with Crippen LogP contribution in [0.5, 0.6) is 0 Å². The summed E-state index contributed by atoms with van der Waals surface area (Å²) in [6.07, 6.45) is 4.96. The zero-order valence-corrected chi connectivity index (χ0v) is 13.9. The van der Waals surface area contributed by atoms with Crippen molar-refractivity contribution in [2.75, 3.05) is 0 Å². The Morgan fingerprint density at radius 3 is 2.91 bits per heavy atom. The van der Waals surface area contributed by atoms with Gasteiger partial charge >= 0.3 is 0 Å². The summed E-state index contributed by atoms with van der Waals surface area (Å²) >= 11 is 3.53. The number of amidine groups is 1. The predicted octanol–water partition coefficient (Wildman–Crippen LogP) is 3.50. The molecule has 2 heterocycles. The average Bonchev–Trinajstić information content (AvgIpc) is 3.31. The molecule has 0 radical (unpaired) electrons. The second-order valence-corrected chi connectivity index (χ2v) is 7.30. The number of nitrogens with zero attached hydrogens (tertiary/aromatic N) is 2. The van der Waals surface area contributed by atoms with Crippen LogP contribution in [0, 0.1) is 5.41 Å². The number of nitrogens with one attached hydrogen (secondary N) is 2.